The summed E-state index contributed by atoms with van der Waals surface area (Å²) >= 11 is 0. The van der Waals surface area contributed by atoms with Crippen LogP contribution in [-0.4, -0.2) is 25.7 Å². The first-order chi connectivity index (χ1) is 8.58. The van der Waals surface area contributed by atoms with E-state index in [2.05, 4.69) is 10.6 Å². The minimum Gasteiger partial charge on any atom is -0.495 e. The third-order valence-electron chi connectivity index (χ3n) is 2.73. The largest absolute Gasteiger partial charge is 0.495 e. The van der Waals surface area contributed by atoms with Crippen LogP contribution in [-0.2, 0) is 0 Å². The fourth-order valence-electron chi connectivity index (χ4n) is 1.57. The lowest BCUT2D eigenvalue weighted by atomic mass is 10.1. The van der Waals surface area contributed by atoms with Gasteiger partial charge in [0.2, 0.25) is 0 Å². The first kappa shape index (κ1) is 14.3. The molecule has 4 N–H and O–H groups in total. The molecule has 0 spiro atoms. The molecule has 1 atom stereocenters. The Morgan fingerprint density at radius 1 is 1.39 bits per heavy atom. The molecule has 0 radical (unpaired) electrons. The molecule has 0 aliphatic carbocycles. The summed E-state index contributed by atoms with van der Waals surface area (Å²) in [5.41, 5.74) is 6.24. The lowest BCUT2D eigenvalue weighted by Crippen LogP contribution is -2.45. The molecule has 0 fully saturated rings. The smallest absolute Gasteiger partial charge is 0.319 e. The van der Waals surface area contributed by atoms with Gasteiger partial charge in [-0.05, 0) is 18.1 Å². The summed E-state index contributed by atoms with van der Waals surface area (Å²) in [6.07, 6.45) is 0. The molecule has 100 valence electrons. The van der Waals surface area contributed by atoms with E-state index in [-0.39, 0.29) is 12.1 Å². The van der Waals surface area contributed by atoms with E-state index in [9.17, 15) is 4.79 Å². The second-order valence-corrected chi connectivity index (χ2v) is 4.38. The van der Waals surface area contributed by atoms with E-state index in [0.29, 0.717) is 23.9 Å². The van der Waals surface area contributed by atoms with Crippen molar-refractivity contribution in [2.45, 2.75) is 19.9 Å². The first-order valence-electron chi connectivity index (χ1n) is 5.99. The number of carbonyl (C=O) groups excluding carboxylic acids is 1. The third-order valence-corrected chi connectivity index (χ3v) is 2.73. The number of urea groups is 1. The number of anilines is 1. The Morgan fingerprint density at radius 3 is 2.61 bits per heavy atom. The molecule has 1 aromatic rings. The molecule has 1 unspecified atom stereocenters. The molecule has 0 heterocycles. The Morgan fingerprint density at radius 2 is 2.06 bits per heavy atom. The van der Waals surface area contributed by atoms with Crippen LogP contribution in [0, 0.1) is 5.92 Å². The van der Waals surface area contributed by atoms with E-state index >= 15 is 0 Å². The minimum absolute atomic E-state index is 0.0419. The van der Waals surface area contributed by atoms with Gasteiger partial charge in [-0.1, -0.05) is 26.0 Å². The van der Waals surface area contributed by atoms with Crippen molar-refractivity contribution in [3.63, 3.8) is 0 Å². The highest BCUT2D eigenvalue weighted by atomic mass is 16.5. The normalized spacial score (nSPS) is 12.1. The summed E-state index contributed by atoms with van der Waals surface area (Å²) in [6.45, 7) is 4.44. The zero-order valence-corrected chi connectivity index (χ0v) is 11.1. The Hall–Kier alpha value is -1.75. The zero-order chi connectivity index (χ0) is 13.5. The summed E-state index contributed by atoms with van der Waals surface area (Å²) in [6, 6.07) is 6.94. The molecule has 1 rings (SSSR count). The van der Waals surface area contributed by atoms with E-state index in [1.165, 1.54) is 0 Å². The quantitative estimate of drug-likeness (QED) is 0.747. The van der Waals surface area contributed by atoms with Crippen molar-refractivity contribution in [2.75, 3.05) is 19.0 Å². The van der Waals surface area contributed by atoms with Crippen molar-refractivity contribution >= 4 is 11.7 Å². The molecule has 0 saturated carbocycles. The molecule has 0 aliphatic heterocycles. The molecule has 0 bridgehead atoms. The van der Waals surface area contributed by atoms with E-state index in [0.717, 1.165) is 0 Å². The maximum atomic E-state index is 11.8. The van der Waals surface area contributed by atoms with E-state index in [1.54, 1.807) is 19.2 Å². The SMILES string of the molecule is COc1ccccc1NC(=O)NC(CN)C(C)C. The van der Waals surface area contributed by atoms with E-state index in [4.69, 9.17) is 10.5 Å². The summed E-state index contributed by atoms with van der Waals surface area (Å²) in [5.74, 6) is 0.917. The van der Waals surface area contributed by atoms with Crippen molar-refractivity contribution in [2.24, 2.45) is 11.7 Å². The number of nitrogens with two attached hydrogens (primary N) is 1. The third kappa shape index (κ3) is 3.92. The Kier molecular flexibility index (Phi) is 5.45. The minimum atomic E-state index is -0.274. The van der Waals surface area contributed by atoms with Crippen LogP contribution >= 0.6 is 0 Å². The topological polar surface area (TPSA) is 76.4 Å². The van der Waals surface area contributed by atoms with Crippen molar-refractivity contribution in [3.05, 3.63) is 24.3 Å². The number of hydrogen-bond donors (Lipinski definition) is 3. The van der Waals surface area contributed by atoms with Crippen LogP contribution in [0.1, 0.15) is 13.8 Å². The van der Waals surface area contributed by atoms with Gasteiger partial charge in [0.05, 0.1) is 12.8 Å². The highest BCUT2D eigenvalue weighted by Crippen LogP contribution is 2.22. The number of nitrogens with one attached hydrogen (secondary N) is 2. The van der Waals surface area contributed by atoms with Gasteiger partial charge in [-0.25, -0.2) is 4.79 Å². The Labute approximate surface area is 108 Å². The number of methoxy groups -OCH3 is 1. The van der Waals surface area contributed by atoms with Gasteiger partial charge < -0.3 is 21.1 Å². The monoisotopic (exact) mass is 251 g/mol. The number of para-hydroxylation sites is 2. The van der Waals surface area contributed by atoms with Gasteiger partial charge in [-0.15, -0.1) is 0 Å². The molecular formula is C13H21N3O2. The molecule has 2 amide bonds. The van der Waals surface area contributed by atoms with Crippen LogP contribution in [0.15, 0.2) is 24.3 Å². The van der Waals surface area contributed by atoms with Crippen LogP contribution in [0.5, 0.6) is 5.75 Å². The number of amides is 2. The summed E-state index contributed by atoms with van der Waals surface area (Å²) in [7, 11) is 1.56. The van der Waals surface area contributed by atoms with Gasteiger partial charge in [-0.3, -0.25) is 0 Å². The van der Waals surface area contributed by atoms with Crippen molar-refractivity contribution in [3.8, 4) is 5.75 Å². The molecule has 5 heteroatoms. The molecule has 1 aromatic carbocycles. The highest BCUT2D eigenvalue weighted by Gasteiger charge is 2.15. The number of hydrogen-bond acceptors (Lipinski definition) is 3. The van der Waals surface area contributed by atoms with Crippen LogP contribution in [0.25, 0.3) is 0 Å². The van der Waals surface area contributed by atoms with Crippen molar-refractivity contribution < 1.29 is 9.53 Å². The van der Waals surface area contributed by atoms with Crippen molar-refractivity contribution in [1.29, 1.82) is 0 Å². The van der Waals surface area contributed by atoms with Gasteiger partial charge in [0.1, 0.15) is 5.75 Å². The lowest BCUT2D eigenvalue weighted by Gasteiger charge is -2.21. The van der Waals surface area contributed by atoms with Crippen LogP contribution in [0.4, 0.5) is 10.5 Å². The van der Waals surface area contributed by atoms with Crippen LogP contribution < -0.4 is 21.1 Å². The maximum Gasteiger partial charge on any atom is 0.319 e. The van der Waals surface area contributed by atoms with Gasteiger partial charge in [-0.2, -0.15) is 0 Å². The van der Waals surface area contributed by atoms with Gasteiger partial charge in [0, 0.05) is 12.6 Å². The maximum absolute atomic E-state index is 11.8. The molecule has 18 heavy (non-hydrogen) atoms. The zero-order valence-electron chi connectivity index (χ0n) is 11.1. The Bertz CT molecular complexity index is 394. The fourth-order valence-corrected chi connectivity index (χ4v) is 1.57. The molecule has 0 aromatic heterocycles. The number of ether oxygens (including phenoxy) is 1. The second kappa shape index (κ2) is 6.86. The molecule has 0 aliphatic rings. The number of rotatable bonds is 5. The average Bonchev–Trinajstić information content (AvgIpc) is 2.36. The average molecular weight is 251 g/mol. The lowest BCUT2D eigenvalue weighted by molar-refractivity contribution is 0.245. The van der Waals surface area contributed by atoms with Crippen LogP contribution in [0.3, 0.4) is 0 Å². The molecule has 5 nitrogen and oxygen atoms in total. The Balaban J connectivity index is 2.64. The number of benzene rings is 1. The summed E-state index contributed by atoms with van der Waals surface area (Å²) in [5, 5.41) is 5.59. The van der Waals surface area contributed by atoms with Gasteiger partial charge in [0.15, 0.2) is 0 Å². The standard InChI is InChI=1S/C13H21N3O2/c1-9(2)11(8-14)16-13(17)15-10-6-4-5-7-12(10)18-3/h4-7,9,11H,8,14H2,1-3H3,(H2,15,16,17). The van der Waals surface area contributed by atoms with E-state index < -0.39 is 0 Å². The van der Waals surface area contributed by atoms with Crippen LogP contribution in [0.2, 0.25) is 0 Å². The second-order valence-electron chi connectivity index (χ2n) is 4.38. The van der Waals surface area contributed by atoms with Crippen molar-refractivity contribution in [1.82, 2.24) is 5.32 Å². The number of carbonyl (C=O) groups is 1. The van der Waals surface area contributed by atoms with E-state index in [1.807, 2.05) is 26.0 Å². The van der Waals surface area contributed by atoms with Gasteiger partial charge >= 0.3 is 6.03 Å². The fraction of sp³-hybridized carbons (Fsp3) is 0.462. The molecule has 0 saturated heterocycles. The van der Waals surface area contributed by atoms with Gasteiger partial charge in [0.25, 0.3) is 0 Å². The predicted octanol–water partition coefficient (Wildman–Crippen LogP) is 1.80. The summed E-state index contributed by atoms with van der Waals surface area (Å²) < 4.78 is 5.16. The summed E-state index contributed by atoms with van der Waals surface area (Å²) in [4.78, 5) is 11.8. The predicted molar refractivity (Wildman–Crippen MR) is 72.8 cm³/mol. The molecular weight excluding hydrogens is 230 g/mol. The first-order valence-corrected chi connectivity index (χ1v) is 5.99. The highest BCUT2D eigenvalue weighted by molar-refractivity contribution is 5.91.